The molecule has 8 nitrogen and oxygen atoms in total. The van der Waals surface area contributed by atoms with Gasteiger partial charge in [-0.2, -0.15) is 15.0 Å². The van der Waals surface area contributed by atoms with Crippen LogP contribution >= 0.6 is 0 Å². The molecule has 0 unspecified atom stereocenters. The molecule has 1 aromatic rings. The summed E-state index contributed by atoms with van der Waals surface area (Å²) in [4.78, 5) is 16.3. The maximum Gasteiger partial charge on any atom is 0.245 e. The lowest BCUT2D eigenvalue weighted by Gasteiger charge is -2.60. The number of nitrogens with zero attached hydrogens (tertiary/aromatic N) is 5. The quantitative estimate of drug-likeness (QED) is 0.177. The minimum absolute atomic E-state index is 0.0116. The molecule has 3 N–H and O–H groups in total. The van der Waals surface area contributed by atoms with Crippen LogP contribution < -0.4 is 21.0 Å². The highest BCUT2D eigenvalue weighted by molar-refractivity contribution is 5.41. The average molecular weight is 685 g/mol. The number of hydrogen-bond acceptors (Lipinski definition) is 8. The van der Waals surface area contributed by atoms with E-state index in [0.29, 0.717) is 12.0 Å². The van der Waals surface area contributed by atoms with Crippen LogP contribution in [0.25, 0.3) is 0 Å². The van der Waals surface area contributed by atoms with E-state index < -0.39 is 0 Å². The van der Waals surface area contributed by atoms with Crippen molar-refractivity contribution >= 4 is 11.9 Å². The summed E-state index contributed by atoms with van der Waals surface area (Å²) in [6.07, 6.45) is 9.06. The molecule has 2 aliphatic heterocycles. The maximum absolute atomic E-state index is 5.58. The van der Waals surface area contributed by atoms with Crippen molar-refractivity contribution in [1.82, 2.24) is 30.6 Å². The highest BCUT2D eigenvalue weighted by atomic mass is 15.7. The number of rotatable bonds is 13. The van der Waals surface area contributed by atoms with Crippen LogP contribution in [0.1, 0.15) is 195 Å². The van der Waals surface area contributed by atoms with Gasteiger partial charge in [0.25, 0.3) is 0 Å². The molecule has 0 bridgehead atoms. The van der Waals surface area contributed by atoms with Crippen molar-refractivity contribution in [1.29, 1.82) is 0 Å². The van der Waals surface area contributed by atoms with Gasteiger partial charge < -0.3 is 16.0 Å². The molecule has 284 valence electrons. The molecule has 0 atom stereocenters. The van der Waals surface area contributed by atoms with Crippen molar-refractivity contribution in [3.05, 3.63) is 5.82 Å². The molecule has 3 heterocycles. The fraction of sp³-hybridized carbons (Fsp3) is 0.927. The van der Waals surface area contributed by atoms with Crippen molar-refractivity contribution in [2.45, 2.75) is 240 Å². The molecular formula is C41H80N8. The van der Waals surface area contributed by atoms with Crippen LogP contribution in [0, 0.1) is 5.41 Å². The van der Waals surface area contributed by atoms with Gasteiger partial charge in [-0.1, -0.05) is 55.4 Å². The number of hydrogen-bond donors (Lipinski definition) is 3. The van der Waals surface area contributed by atoms with Gasteiger partial charge in [0, 0.05) is 44.7 Å². The van der Waals surface area contributed by atoms with Gasteiger partial charge in [0.05, 0.1) is 6.04 Å². The first kappa shape index (κ1) is 41.9. The molecular weight excluding hydrogens is 605 g/mol. The zero-order chi connectivity index (χ0) is 37.6. The van der Waals surface area contributed by atoms with E-state index in [1.54, 1.807) is 0 Å². The van der Waals surface area contributed by atoms with E-state index in [9.17, 15) is 0 Å². The molecule has 0 aliphatic carbocycles. The minimum Gasteiger partial charge on any atom is -0.349 e. The van der Waals surface area contributed by atoms with Crippen molar-refractivity contribution in [2.75, 3.05) is 10.3 Å². The lowest BCUT2D eigenvalue weighted by atomic mass is 9.76. The number of piperidine rings is 2. The first-order valence-electron chi connectivity index (χ1n) is 19.8. The van der Waals surface area contributed by atoms with E-state index >= 15 is 0 Å². The number of aromatic nitrogens is 3. The Kier molecular flexibility index (Phi) is 12.1. The number of anilines is 2. The number of nitrogens with one attached hydrogen (secondary N) is 3. The Hall–Kier alpha value is -1.51. The van der Waals surface area contributed by atoms with Crippen molar-refractivity contribution in [3.8, 4) is 0 Å². The van der Waals surface area contributed by atoms with Gasteiger partial charge in [-0.05, 0) is 139 Å². The SMILES string of the molecule is CCC(C)(CC)c1nc(NC(C)(C)CC(C)(C)C)nc(N(C2CC(C)(C)NC(C)(C)C2)N(C2CC(C)(C)NC(C)(C)C2)C(C)(CC)CC)n1. The summed E-state index contributed by atoms with van der Waals surface area (Å²) in [6.45, 7) is 44.6. The lowest BCUT2D eigenvalue weighted by Crippen LogP contribution is -2.72. The van der Waals surface area contributed by atoms with Crippen LogP contribution in [0.15, 0.2) is 0 Å². The van der Waals surface area contributed by atoms with Gasteiger partial charge in [-0.25, -0.2) is 5.01 Å². The van der Waals surface area contributed by atoms with Gasteiger partial charge in [0.2, 0.25) is 11.9 Å². The first-order valence-corrected chi connectivity index (χ1v) is 19.8. The summed E-state index contributed by atoms with van der Waals surface area (Å²) in [5, 5.41) is 17.2. The van der Waals surface area contributed by atoms with Gasteiger partial charge in [0.1, 0.15) is 5.82 Å². The minimum atomic E-state index is -0.198. The van der Waals surface area contributed by atoms with Gasteiger partial charge in [-0.3, -0.25) is 5.01 Å². The second-order valence-corrected chi connectivity index (χ2v) is 21.1. The molecule has 0 amide bonds. The fourth-order valence-electron chi connectivity index (χ4n) is 9.80. The van der Waals surface area contributed by atoms with Crippen molar-refractivity contribution in [2.24, 2.45) is 5.41 Å². The Bertz CT molecular complexity index is 1220. The van der Waals surface area contributed by atoms with Gasteiger partial charge >= 0.3 is 0 Å². The molecule has 2 fully saturated rings. The van der Waals surface area contributed by atoms with Gasteiger partial charge in [0.15, 0.2) is 0 Å². The Morgan fingerprint density at radius 2 is 1.06 bits per heavy atom. The summed E-state index contributed by atoms with van der Waals surface area (Å²) < 4.78 is 0. The van der Waals surface area contributed by atoms with E-state index in [0.717, 1.165) is 69.6 Å². The summed E-state index contributed by atoms with van der Waals surface area (Å²) in [5.41, 5.74) is -0.428. The fourth-order valence-corrected chi connectivity index (χ4v) is 9.80. The van der Waals surface area contributed by atoms with E-state index in [4.69, 9.17) is 15.0 Å². The van der Waals surface area contributed by atoms with Crippen LogP contribution in [0.5, 0.6) is 0 Å². The third-order valence-corrected chi connectivity index (χ3v) is 11.7. The second kappa shape index (κ2) is 14.1. The third-order valence-electron chi connectivity index (χ3n) is 11.7. The molecule has 3 rings (SSSR count). The normalized spacial score (nSPS) is 22.0. The predicted octanol–water partition coefficient (Wildman–Crippen LogP) is 9.80. The molecule has 49 heavy (non-hydrogen) atoms. The summed E-state index contributed by atoms with van der Waals surface area (Å²) in [6, 6.07) is 0.500. The Morgan fingerprint density at radius 3 is 1.45 bits per heavy atom. The van der Waals surface area contributed by atoms with Crippen molar-refractivity contribution < 1.29 is 0 Å². The summed E-state index contributed by atoms with van der Waals surface area (Å²) in [7, 11) is 0. The molecule has 0 radical (unpaired) electrons. The van der Waals surface area contributed by atoms with Crippen LogP contribution in [0.2, 0.25) is 0 Å². The largest absolute Gasteiger partial charge is 0.349 e. The highest BCUT2D eigenvalue weighted by Crippen LogP contribution is 2.43. The monoisotopic (exact) mass is 685 g/mol. The molecule has 8 heteroatoms. The molecule has 2 aliphatic rings. The van der Waals surface area contributed by atoms with Crippen molar-refractivity contribution in [3.63, 3.8) is 0 Å². The standard InChI is InChI=1S/C41H80N8/c1-20-40(18,21-2)31-42-32(45-39(16,17)28-34(5,6)7)44-33(43-31)48(29-24-35(8,9)46-36(10,11)25-29)49(41(19,22-3)23-4)30-26-37(12,13)47-38(14,15)27-30/h29-30,46-47H,20-28H2,1-19H3,(H,42,43,44,45). The van der Waals surface area contributed by atoms with Crippen LogP contribution in [0.3, 0.4) is 0 Å². The predicted molar refractivity (Wildman–Crippen MR) is 211 cm³/mol. The van der Waals surface area contributed by atoms with Crippen LogP contribution in [-0.4, -0.2) is 65.3 Å². The van der Waals surface area contributed by atoms with E-state index in [-0.39, 0.29) is 50.1 Å². The zero-order valence-corrected chi connectivity index (χ0v) is 35.8. The smallest absolute Gasteiger partial charge is 0.245 e. The first-order chi connectivity index (χ1) is 22.0. The van der Waals surface area contributed by atoms with E-state index in [1.807, 2.05) is 0 Å². The maximum atomic E-state index is 5.58. The lowest BCUT2D eigenvalue weighted by molar-refractivity contribution is -0.0344. The summed E-state index contributed by atoms with van der Waals surface area (Å²) in [5.74, 6) is 2.39. The van der Waals surface area contributed by atoms with Crippen LogP contribution in [-0.2, 0) is 5.41 Å². The average Bonchev–Trinajstić information content (AvgIpc) is 2.89. The Balaban J connectivity index is 2.44. The zero-order valence-electron chi connectivity index (χ0n) is 35.8. The second-order valence-electron chi connectivity index (χ2n) is 21.1. The van der Waals surface area contributed by atoms with E-state index in [2.05, 4.69) is 158 Å². The Labute approximate surface area is 303 Å². The third kappa shape index (κ3) is 10.5. The molecule has 0 saturated carbocycles. The molecule has 2 saturated heterocycles. The topological polar surface area (TPSA) is 81.2 Å². The van der Waals surface area contributed by atoms with Gasteiger partial charge in [-0.15, -0.1) is 0 Å². The molecule has 0 spiro atoms. The molecule has 0 aromatic carbocycles. The Morgan fingerprint density at radius 1 is 0.633 bits per heavy atom. The molecule has 1 aromatic heterocycles. The highest BCUT2D eigenvalue weighted by Gasteiger charge is 2.51. The van der Waals surface area contributed by atoms with E-state index in [1.165, 1.54) is 0 Å². The summed E-state index contributed by atoms with van der Waals surface area (Å²) >= 11 is 0. The number of hydrazine groups is 1. The van der Waals surface area contributed by atoms with Crippen LogP contribution in [0.4, 0.5) is 11.9 Å².